The molecule has 0 atom stereocenters. The van der Waals surface area contributed by atoms with Crippen molar-refractivity contribution in [2.45, 2.75) is 32.1 Å². The highest BCUT2D eigenvalue weighted by Gasteiger charge is 2.29. The lowest BCUT2D eigenvalue weighted by Crippen LogP contribution is -2.49. The molecule has 0 radical (unpaired) electrons. The van der Waals surface area contributed by atoms with Crippen LogP contribution in [0.5, 0.6) is 0 Å². The number of amides is 1. The number of aryl methyl sites for hydroxylation is 1. The van der Waals surface area contributed by atoms with E-state index in [1.54, 1.807) is 0 Å². The minimum absolute atomic E-state index is 0.0163. The van der Waals surface area contributed by atoms with E-state index < -0.39 is 0 Å². The second-order valence-electron chi connectivity index (χ2n) is 6.75. The van der Waals surface area contributed by atoms with Crippen LogP contribution in [-0.4, -0.2) is 42.1 Å². The van der Waals surface area contributed by atoms with Crippen molar-refractivity contribution in [1.29, 1.82) is 0 Å². The standard InChI is InChI=1S/C19H22ClN3O2/c20-14-6-8-15(9-7-14)22-10-12-23(13-11-22)19(24)18-16-4-2-1-3-5-17(16)25-21-18/h6-9H,1-5,10-13H2. The number of piperazine rings is 1. The van der Waals surface area contributed by atoms with Crippen molar-refractivity contribution < 1.29 is 9.32 Å². The minimum Gasteiger partial charge on any atom is -0.368 e. The highest BCUT2D eigenvalue weighted by molar-refractivity contribution is 6.30. The molecule has 4 rings (SSSR count). The smallest absolute Gasteiger partial charge is 0.276 e. The third-order valence-corrected chi connectivity index (χ3v) is 5.41. The maximum absolute atomic E-state index is 12.9. The van der Waals surface area contributed by atoms with Crippen molar-refractivity contribution in [3.05, 3.63) is 46.3 Å². The molecule has 0 N–H and O–H groups in total. The number of aromatic nitrogens is 1. The monoisotopic (exact) mass is 359 g/mol. The molecular weight excluding hydrogens is 338 g/mol. The molecule has 6 heteroatoms. The van der Waals surface area contributed by atoms with Crippen LogP contribution in [0, 0.1) is 0 Å². The van der Waals surface area contributed by atoms with Crippen LogP contribution >= 0.6 is 11.6 Å². The van der Waals surface area contributed by atoms with E-state index >= 15 is 0 Å². The zero-order chi connectivity index (χ0) is 17.2. The van der Waals surface area contributed by atoms with Crippen LogP contribution in [0.4, 0.5) is 5.69 Å². The van der Waals surface area contributed by atoms with Gasteiger partial charge in [0.15, 0.2) is 5.69 Å². The van der Waals surface area contributed by atoms with Gasteiger partial charge in [-0.15, -0.1) is 0 Å². The maximum Gasteiger partial charge on any atom is 0.276 e. The molecular formula is C19H22ClN3O2. The first-order chi connectivity index (χ1) is 12.2. The van der Waals surface area contributed by atoms with E-state index in [4.69, 9.17) is 16.1 Å². The first-order valence-electron chi connectivity index (χ1n) is 8.99. The van der Waals surface area contributed by atoms with Gasteiger partial charge in [-0.1, -0.05) is 23.2 Å². The summed E-state index contributed by atoms with van der Waals surface area (Å²) in [5.41, 5.74) is 2.73. The van der Waals surface area contributed by atoms with Crippen LogP contribution in [0.1, 0.15) is 41.1 Å². The number of benzene rings is 1. The highest BCUT2D eigenvalue weighted by atomic mass is 35.5. The van der Waals surface area contributed by atoms with Crippen molar-refractivity contribution in [2.24, 2.45) is 0 Å². The van der Waals surface area contributed by atoms with Crippen LogP contribution in [-0.2, 0) is 12.8 Å². The van der Waals surface area contributed by atoms with Gasteiger partial charge >= 0.3 is 0 Å². The summed E-state index contributed by atoms with van der Waals surface area (Å²) in [6.07, 6.45) is 5.23. The molecule has 2 aliphatic rings. The number of hydrogen-bond acceptors (Lipinski definition) is 4. The van der Waals surface area contributed by atoms with Gasteiger partial charge in [0, 0.05) is 48.9 Å². The number of carbonyl (C=O) groups excluding carboxylic acids is 1. The molecule has 1 aromatic carbocycles. The Hall–Kier alpha value is -2.01. The summed E-state index contributed by atoms with van der Waals surface area (Å²) in [6, 6.07) is 7.85. The number of nitrogens with zero attached hydrogens (tertiary/aromatic N) is 3. The third-order valence-electron chi connectivity index (χ3n) is 5.16. The van der Waals surface area contributed by atoms with Gasteiger partial charge in [0.2, 0.25) is 0 Å². The van der Waals surface area contributed by atoms with E-state index in [2.05, 4.69) is 10.1 Å². The van der Waals surface area contributed by atoms with Crippen molar-refractivity contribution in [2.75, 3.05) is 31.1 Å². The predicted octanol–water partition coefficient (Wildman–Crippen LogP) is 3.56. The number of anilines is 1. The SMILES string of the molecule is O=C(c1noc2c1CCCCC2)N1CCN(c2ccc(Cl)cc2)CC1. The Balaban J connectivity index is 1.43. The lowest BCUT2D eigenvalue weighted by Gasteiger charge is -2.35. The fourth-order valence-corrected chi connectivity index (χ4v) is 3.82. The van der Waals surface area contributed by atoms with E-state index in [9.17, 15) is 4.79 Å². The maximum atomic E-state index is 12.9. The average Bonchev–Trinajstić information content (AvgIpc) is 2.90. The van der Waals surface area contributed by atoms with E-state index in [0.717, 1.165) is 60.8 Å². The van der Waals surface area contributed by atoms with Crippen LogP contribution in [0.15, 0.2) is 28.8 Å². The van der Waals surface area contributed by atoms with Gasteiger partial charge in [-0.05, 0) is 43.5 Å². The first kappa shape index (κ1) is 16.5. The Morgan fingerprint density at radius 2 is 1.72 bits per heavy atom. The largest absolute Gasteiger partial charge is 0.368 e. The Kier molecular flexibility index (Phi) is 4.66. The molecule has 0 saturated carbocycles. The Morgan fingerprint density at radius 3 is 2.48 bits per heavy atom. The van der Waals surface area contributed by atoms with Crippen molar-refractivity contribution >= 4 is 23.2 Å². The summed E-state index contributed by atoms with van der Waals surface area (Å²) in [4.78, 5) is 17.1. The molecule has 132 valence electrons. The number of halogens is 1. The fourth-order valence-electron chi connectivity index (χ4n) is 3.70. The van der Waals surface area contributed by atoms with E-state index in [1.165, 1.54) is 6.42 Å². The quantitative estimate of drug-likeness (QED) is 0.769. The molecule has 25 heavy (non-hydrogen) atoms. The van der Waals surface area contributed by atoms with Gasteiger partial charge in [0.25, 0.3) is 5.91 Å². The lowest BCUT2D eigenvalue weighted by atomic mass is 10.1. The molecule has 0 bridgehead atoms. The summed E-state index contributed by atoms with van der Waals surface area (Å²) in [6.45, 7) is 3.02. The van der Waals surface area contributed by atoms with Gasteiger partial charge in [-0.2, -0.15) is 0 Å². The Labute approximate surface area is 152 Å². The van der Waals surface area contributed by atoms with Crippen molar-refractivity contribution in [3.8, 4) is 0 Å². The molecule has 5 nitrogen and oxygen atoms in total. The molecule has 2 aromatic rings. The van der Waals surface area contributed by atoms with Crippen molar-refractivity contribution in [1.82, 2.24) is 10.1 Å². The Morgan fingerprint density at radius 1 is 1.00 bits per heavy atom. The molecule has 1 aliphatic heterocycles. The first-order valence-corrected chi connectivity index (χ1v) is 9.37. The lowest BCUT2D eigenvalue weighted by molar-refractivity contribution is 0.0735. The summed E-state index contributed by atoms with van der Waals surface area (Å²) >= 11 is 5.95. The second kappa shape index (κ2) is 7.08. The Bertz CT molecular complexity index is 749. The number of hydrogen-bond donors (Lipinski definition) is 0. The van der Waals surface area contributed by atoms with Crippen molar-refractivity contribution in [3.63, 3.8) is 0 Å². The molecule has 1 saturated heterocycles. The molecule has 1 aromatic heterocycles. The fraction of sp³-hybridized carbons (Fsp3) is 0.474. The second-order valence-corrected chi connectivity index (χ2v) is 7.19. The van der Waals surface area contributed by atoms with Crippen LogP contribution in [0.25, 0.3) is 0 Å². The van der Waals surface area contributed by atoms with Gasteiger partial charge in [0.1, 0.15) is 5.76 Å². The van der Waals surface area contributed by atoms with Crippen LogP contribution in [0.3, 0.4) is 0 Å². The minimum atomic E-state index is 0.0163. The van der Waals surface area contributed by atoms with Gasteiger partial charge in [-0.3, -0.25) is 4.79 Å². The van der Waals surface area contributed by atoms with Gasteiger partial charge in [0.05, 0.1) is 0 Å². The molecule has 0 unspecified atom stereocenters. The summed E-state index contributed by atoms with van der Waals surface area (Å²) in [5, 5.41) is 4.85. The molecule has 1 aliphatic carbocycles. The normalized spacial score (nSPS) is 18.0. The summed E-state index contributed by atoms with van der Waals surface area (Å²) in [7, 11) is 0. The van der Waals surface area contributed by atoms with Gasteiger partial charge in [-0.25, -0.2) is 0 Å². The zero-order valence-corrected chi connectivity index (χ0v) is 15.0. The molecule has 2 heterocycles. The summed E-state index contributed by atoms with van der Waals surface area (Å²) < 4.78 is 5.46. The molecule has 1 amide bonds. The van der Waals surface area contributed by atoms with Gasteiger partial charge < -0.3 is 14.3 Å². The van der Waals surface area contributed by atoms with E-state index in [-0.39, 0.29) is 5.91 Å². The third kappa shape index (κ3) is 3.38. The predicted molar refractivity (Wildman–Crippen MR) is 97.3 cm³/mol. The van der Waals surface area contributed by atoms with Crippen LogP contribution < -0.4 is 4.90 Å². The molecule has 1 fully saturated rings. The zero-order valence-electron chi connectivity index (χ0n) is 14.2. The topological polar surface area (TPSA) is 49.6 Å². The summed E-state index contributed by atoms with van der Waals surface area (Å²) in [5.74, 6) is 0.934. The van der Waals surface area contributed by atoms with Crippen LogP contribution in [0.2, 0.25) is 5.02 Å². The molecule has 0 spiro atoms. The number of rotatable bonds is 2. The number of carbonyl (C=O) groups is 1. The number of fused-ring (bicyclic) bond motifs is 1. The van der Waals surface area contributed by atoms with E-state index in [1.807, 2.05) is 29.2 Å². The van der Waals surface area contributed by atoms with E-state index in [0.29, 0.717) is 18.8 Å². The highest BCUT2D eigenvalue weighted by Crippen LogP contribution is 2.25. The average molecular weight is 360 g/mol.